The van der Waals surface area contributed by atoms with E-state index in [1.165, 1.54) is 12.1 Å². The normalized spacial score (nSPS) is 16.0. The molecule has 0 N–H and O–H groups in total. The summed E-state index contributed by atoms with van der Waals surface area (Å²) in [5.74, 6) is -0.361. The molecule has 1 fully saturated rings. The van der Waals surface area contributed by atoms with E-state index >= 15 is 0 Å². The minimum atomic E-state index is -0.300. The number of hydrogen-bond donors (Lipinski definition) is 0. The van der Waals surface area contributed by atoms with E-state index in [0.717, 1.165) is 31.6 Å². The first-order valence-corrected chi connectivity index (χ1v) is 8.69. The van der Waals surface area contributed by atoms with Gasteiger partial charge in [0, 0.05) is 43.8 Å². The van der Waals surface area contributed by atoms with Gasteiger partial charge in [0.2, 0.25) is 0 Å². The average Bonchev–Trinajstić information content (AvgIpc) is 2.97. The molecule has 3 heterocycles. The summed E-state index contributed by atoms with van der Waals surface area (Å²) in [7, 11) is 2.07. The number of imidazole rings is 1. The van der Waals surface area contributed by atoms with Crippen LogP contribution in [0.3, 0.4) is 0 Å². The van der Waals surface area contributed by atoms with Crippen molar-refractivity contribution in [2.75, 3.05) is 33.2 Å². The lowest BCUT2D eigenvalue weighted by molar-refractivity contribution is 0.0757. The van der Waals surface area contributed by atoms with E-state index in [1.807, 2.05) is 4.90 Å². The molecule has 2 aromatic heterocycles. The standard InChI is InChI=1S/C19H20FN5O/c1-23-8-2-9-24(12-11-23)19(26)16-13-25-10-7-21-17(18(25)22-16)14-3-5-15(20)6-4-14/h3-7,10,13H,2,8-9,11-12H2,1H3. The molecule has 134 valence electrons. The number of hydrogen-bond acceptors (Lipinski definition) is 4. The van der Waals surface area contributed by atoms with Gasteiger partial charge in [-0.25, -0.2) is 9.37 Å². The molecule has 4 rings (SSSR count). The molecule has 1 amide bonds. The van der Waals surface area contributed by atoms with Crippen LogP contribution in [0, 0.1) is 5.82 Å². The van der Waals surface area contributed by atoms with Crippen LogP contribution in [0.15, 0.2) is 42.9 Å². The van der Waals surface area contributed by atoms with Crippen LogP contribution in [0.2, 0.25) is 0 Å². The fourth-order valence-electron chi connectivity index (χ4n) is 3.25. The molecule has 26 heavy (non-hydrogen) atoms. The molecular formula is C19H20FN5O. The largest absolute Gasteiger partial charge is 0.336 e. The summed E-state index contributed by atoms with van der Waals surface area (Å²) in [6.45, 7) is 3.29. The number of rotatable bonds is 2. The smallest absolute Gasteiger partial charge is 0.274 e. The van der Waals surface area contributed by atoms with Gasteiger partial charge in [0.15, 0.2) is 5.65 Å². The molecule has 0 radical (unpaired) electrons. The van der Waals surface area contributed by atoms with Gasteiger partial charge in [0.05, 0.1) is 0 Å². The summed E-state index contributed by atoms with van der Waals surface area (Å²) in [5.41, 5.74) is 2.39. The molecule has 0 unspecified atom stereocenters. The Hall–Kier alpha value is -2.80. The highest BCUT2D eigenvalue weighted by Crippen LogP contribution is 2.22. The van der Waals surface area contributed by atoms with Crippen molar-refractivity contribution < 1.29 is 9.18 Å². The van der Waals surface area contributed by atoms with Crippen molar-refractivity contribution in [1.82, 2.24) is 24.2 Å². The highest BCUT2D eigenvalue weighted by Gasteiger charge is 2.22. The minimum absolute atomic E-state index is 0.0611. The Balaban J connectivity index is 1.68. The Morgan fingerprint density at radius 1 is 1.12 bits per heavy atom. The first-order valence-electron chi connectivity index (χ1n) is 8.69. The Kier molecular flexibility index (Phi) is 4.38. The minimum Gasteiger partial charge on any atom is -0.336 e. The third kappa shape index (κ3) is 3.17. The van der Waals surface area contributed by atoms with Gasteiger partial charge in [0.1, 0.15) is 17.2 Å². The second-order valence-corrected chi connectivity index (χ2v) is 6.59. The summed E-state index contributed by atoms with van der Waals surface area (Å²) in [6.07, 6.45) is 6.11. The van der Waals surface area contributed by atoms with Crippen LogP contribution in [0.4, 0.5) is 4.39 Å². The topological polar surface area (TPSA) is 53.7 Å². The van der Waals surface area contributed by atoms with Crippen molar-refractivity contribution in [3.63, 3.8) is 0 Å². The van der Waals surface area contributed by atoms with Gasteiger partial charge in [-0.1, -0.05) is 0 Å². The zero-order valence-corrected chi connectivity index (χ0v) is 14.6. The number of likely N-dealkylation sites (N-methyl/N-ethyl adjacent to an activating group) is 1. The SMILES string of the molecule is CN1CCCN(C(=O)c2cn3ccnc(-c4ccc(F)cc4)c3n2)CC1. The summed E-state index contributed by atoms with van der Waals surface area (Å²) >= 11 is 0. The average molecular weight is 353 g/mol. The second kappa shape index (κ2) is 6.84. The summed E-state index contributed by atoms with van der Waals surface area (Å²) in [6, 6.07) is 6.11. The Bertz CT molecular complexity index is 937. The number of fused-ring (bicyclic) bond motifs is 1. The highest BCUT2D eigenvalue weighted by atomic mass is 19.1. The maximum absolute atomic E-state index is 13.2. The Morgan fingerprint density at radius 3 is 2.73 bits per heavy atom. The summed E-state index contributed by atoms with van der Waals surface area (Å²) in [5, 5.41) is 0. The molecule has 0 aliphatic carbocycles. The van der Waals surface area contributed by atoms with Gasteiger partial charge in [-0.2, -0.15) is 0 Å². The van der Waals surface area contributed by atoms with Gasteiger partial charge >= 0.3 is 0 Å². The molecule has 0 atom stereocenters. The van der Waals surface area contributed by atoms with Crippen molar-refractivity contribution >= 4 is 11.6 Å². The molecule has 1 aromatic carbocycles. The Labute approximate surface area is 150 Å². The lowest BCUT2D eigenvalue weighted by Gasteiger charge is -2.19. The van der Waals surface area contributed by atoms with E-state index in [9.17, 15) is 9.18 Å². The van der Waals surface area contributed by atoms with Crippen molar-refractivity contribution in [2.24, 2.45) is 0 Å². The number of amides is 1. The fraction of sp³-hybridized carbons (Fsp3) is 0.316. The van der Waals surface area contributed by atoms with E-state index in [2.05, 4.69) is 21.9 Å². The number of benzene rings is 1. The van der Waals surface area contributed by atoms with Crippen LogP contribution in [0.1, 0.15) is 16.9 Å². The van der Waals surface area contributed by atoms with Gasteiger partial charge in [0.25, 0.3) is 5.91 Å². The number of nitrogens with zero attached hydrogens (tertiary/aromatic N) is 5. The molecular weight excluding hydrogens is 333 g/mol. The number of aromatic nitrogens is 3. The lowest BCUT2D eigenvalue weighted by atomic mass is 10.1. The molecule has 0 bridgehead atoms. The fourth-order valence-corrected chi connectivity index (χ4v) is 3.25. The van der Waals surface area contributed by atoms with Crippen LogP contribution in [-0.2, 0) is 0 Å². The predicted octanol–water partition coefficient (Wildman–Crippen LogP) is 2.31. The van der Waals surface area contributed by atoms with Crippen molar-refractivity contribution in [2.45, 2.75) is 6.42 Å². The first-order chi connectivity index (χ1) is 12.6. The van der Waals surface area contributed by atoms with E-state index in [1.54, 1.807) is 35.1 Å². The first kappa shape index (κ1) is 16.7. The van der Waals surface area contributed by atoms with Gasteiger partial charge in [-0.05, 0) is 44.3 Å². The van der Waals surface area contributed by atoms with Crippen LogP contribution < -0.4 is 0 Å². The lowest BCUT2D eigenvalue weighted by Crippen LogP contribution is -2.34. The number of halogens is 1. The van der Waals surface area contributed by atoms with E-state index < -0.39 is 0 Å². The molecule has 3 aromatic rings. The number of carbonyl (C=O) groups is 1. The van der Waals surface area contributed by atoms with Gasteiger partial charge in [-0.15, -0.1) is 0 Å². The monoisotopic (exact) mass is 353 g/mol. The predicted molar refractivity (Wildman–Crippen MR) is 96.4 cm³/mol. The third-order valence-electron chi connectivity index (χ3n) is 4.72. The van der Waals surface area contributed by atoms with Crippen molar-refractivity contribution in [3.05, 3.63) is 54.4 Å². The maximum atomic E-state index is 13.2. The van der Waals surface area contributed by atoms with E-state index in [-0.39, 0.29) is 11.7 Å². The van der Waals surface area contributed by atoms with Gasteiger partial charge < -0.3 is 14.2 Å². The highest BCUT2D eigenvalue weighted by molar-refractivity contribution is 5.93. The summed E-state index contributed by atoms with van der Waals surface area (Å²) in [4.78, 5) is 25.9. The van der Waals surface area contributed by atoms with Crippen LogP contribution in [-0.4, -0.2) is 63.3 Å². The van der Waals surface area contributed by atoms with Crippen LogP contribution >= 0.6 is 0 Å². The quantitative estimate of drug-likeness (QED) is 0.709. The van der Waals surface area contributed by atoms with E-state index in [0.29, 0.717) is 23.6 Å². The molecule has 1 saturated heterocycles. The zero-order chi connectivity index (χ0) is 18.1. The van der Waals surface area contributed by atoms with Crippen LogP contribution in [0.5, 0.6) is 0 Å². The summed E-state index contributed by atoms with van der Waals surface area (Å²) < 4.78 is 15.0. The number of carbonyl (C=O) groups excluding carboxylic acids is 1. The van der Waals surface area contributed by atoms with Crippen molar-refractivity contribution in [1.29, 1.82) is 0 Å². The molecule has 0 spiro atoms. The molecule has 0 saturated carbocycles. The molecule has 1 aliphatic rings. The van der Waals surface area contributed by atoms with Crippen molar-refractivity contribution in [3.8, 4) is 11.3 Å². The van der Waals surface area contributed by atoms with Gasteiger partial charge in [-0.3, -0.25) is 9.78 Å². The second-order valence-electron chi connectivity index (χ2n) is 6.59. The molecule has 1 aliphatic heterocycles. The maximum Gasteiger partial charge on any atom is 0.274 e. The van der Waals surface area contributed by atoms with E-state index in [4.69, 9.17) is 0 Å². The third-order valence-corrected chi connectivity index (χ3v) is 4.72. The molecule has 6 nitrogen and oxygen atoms in total. The Morgan fingerprint density at radius 2 is 1.92 bits per heavy atom. The zero-order valence-electron chi connectivity index (χ0n) is 14.6. The molecule has 7 heteroatoms. The van der Waals surface area contributed by atoms with Crippen LogP contribution in [0.25, 0.3) is 16.9 Å².